The molecule has 78 valence electrons. The van der Waals surface area contributed by atoms with Crippen LogP contribution in [0, 0.1) is 5.92 Å². The lowest BCUT2D eigenvalue weighted by atomic mass is 10.1. The van der Waals surface area contributed by atoms with Gasteiger partial charge in [0, 0.05) is 25.0 Å². The lowest BCUT2D eigenvalue weighted by Gasteiger charge is -2.39. The molecule has 5 nitrogen and oxygen atoms in total. The minimum atomic E-state index is -0.850. The topological polar surface area (TPSA) is 69.6 Å². The number of aliphatic carboxylic acids is 1. The fourth-order valence-corrected chi connectivity index (χ4v) is 1.61. The highest BCUT2D eigenvalue weighted by Crippen LogP contribution is 2.32. The van der Waals surface area contributed by atoms with Gasteiger partial charge in [-0.3, -0.25) is 9.59 Å². The first-order valence-corrected chi connectivity index (χ1v) is 4.91. The molecule has 2 aliphatic rings. The molecule has 1 aliphatic carbocycles. The van der Waals surface area contributed by atoms with Gasteiger partial charge in [-0.05, 0) is 12.8 Å². The van der Waals surface area contributed by atoms with E-state index in [1.807, 2.05) is 0 Å². The molecule has 14 heavy (non-hydrogen) atoms. The van der Waals surface area contributed by atoms with Gasteiger partial charge in [-0.25, -0.2) is 0 Å². The highest BCUT2D eigenvalue weighted by molar-refractivity contribution is 5.82. The van der Waals surface area contributed by atoms with Gasteiger partial charge in [0.2, 0.25) is 5.91 Å². The molecule has 1 heterocycles. The zero-order chi connectivity index (χ0) is 10.1. The Morgan fingerprint density at radius 3 is 2.50 bits per heavy atom. The highest BCUT2D eigenvalue weighted by atomic mass is 16.4. The van der Waals surface area contributed by atoms with E-state index in [2.05, 4.69) is 5.32 Å². The summed E-state index contributed by atoms with van der Waals surface area (Å²) in [6.45, 7) is 1.32. The molecule has 2 N–H and O–H groups in total. The van der Waals surface area contributed by atoms with E-state index in [0.29, 0.717) is 13.1 Å². The zero-order valence-electron chi connectivity index (χ0n) is 7.90. The standard InChI is InChI=1S/C9H14N2O3/c12-8(13)3-10-7-4-11(5-7)9(14)6-1-2-6/h6-7,10H,1-5H2,(H,12,13). The Morgan fingerprint density at radius 1 is 1.36 bits per heavy atom. The minimum Gasteiger partial charge on any atom is -0.480 e. The summed E-state index contributed by atoms with van der Waals surface area (Å²) in [5, 5.41) is 11.3. The first-order valence-electron chi connectivity index (χ1n) is 4.91. The molecule has 0 aromatic rings. The molecule has 0 spiro atoms. The number of hydrogen-bond acceptors (Lipinski definition) is 3. The van der Waals surface area contributed by atoms with Crippen molar-refractivity contribution >= 4 is 11.9 Å². The third kappa shape index (κ3) is 2.04. The number of rotatable bonds is 4. The summed E-state index contributed by atoms with van der Waals surface area (Å²) >= 11 is 0. The Kier molecular flexibility index (Phi) is 2.41. The number of carbonyl (C=O) groups is 2. The Hall–Kier alpha value is -1.10. The van der Waals surface area contributed by atoms with E-state index in [9.17, 15) is 9.59 Å². The van der Waals surface area contributed by atoms with Gasteiger partial charge in [-0.15, -0.1) is 0 Å². The van der Waals surface area contributed by atoms with E-state index in [1.54, 1.807) is 4.90 Å². The number of amides is 1. The lowest BCUT2D eigenvalue weighted by molar-refractivity contribution is -0.138. The van der Waals surface area contributed by atoms with Gasteiger partial charge in [-0.1, -0.05) is 0 Å². The molecule has 1 saturated carbocycles. The molecule has 5 heteroatoms. The predicted molar refractivity (Wildman–Crippen MR) is 48.7 cm³/mol. The zero-order valence-corrected chi connectivity index (χ0v) is 7.90. The Morgan fingerprint density at radius 2 is 2.00 bits per heavy atom. The summed E-state index contributed by atoms with van der Waals surface area (Å²) in [4.78, 5) is 23.5. The van der Waals surface area contributed by atoms with Crippen molar-refractivity contribution in [3.05, 3.63) is 0 Å². The number of nitrogens with zero attached hydrogens (tertiary/aromatic N) is 1. The van der Waals surface area contributed by atoms with Crippen molar-refractivity contribution < 1.29 is 14.7 Å². The van der Waals surface area contributed by atoms with E-state index in [-0.39, 0.29) is 24.4 Å². The summed E-state index contributed by atoms with van der Waals surface area (Å²) in [7, 11) is 0. The second-order valence-electron chi connectivity index (χ2n) is 3.99. The second-order valence-corrected chi connectivity index (χ2v) is 3.99. The summed E-state index contributed by atoms with van der Waals surface area (Å²) in [6, 6.07) is 0.175. The van der Waals surface area contributed by atoms with Gasteiger partial charge >= 0.3 is 5.97 Å². The summed E-state index contributed by atoms with van der Waals surface area (Å²) in [6.07, 6.45) is 2.06. The first-order chi connectivity index (χ1) is 6.66. The Labute approximate surface area is 82.1 Å². The SMILES string of the molecule is O=C(O)CNC1CN(C(=O)C2CC2)C1. The van der Waals surface area contributed by atoms with Crippen molar-refractivity contribution in [2.24, 2.45) is 5.92 Å². The van der Waals surface area contributed by atoms with E-state index in [0.717, 1.165) is 12.8 Å². The third-order valence-electron chi connectivity index (χ3n) is 2.66. The Balaban J connectivity index is 1.63. The largest absolute Gasteiger partial charge is 0.480 e. The van der Waals surface area contributed by atoms with E-state index in [1.165, 1.54) is 0 Å². The molecule has 0 bridgehead atoms. The van der Waals surface area contributed by atoms with Crippen LogP contribution in [0.2, 0.25) is 0 Å². The van der Waals surface area contributed by atoms with Crippen molar-refractivity contribution in [3.63, 3.8) is 0 Å². The van der Waals surface area contributed by atoms with E-state index in [4.69, 9.17) is 5.11 Å². The van der Waals surface area contributed by atoms with Crippen molar-refractivity contribution in [2.75, 3.05) is 19.6 Å². The molecule has 2 rings (SSSR count). The predicted octanol–water partition coefficient (Wildman–Crippen LogP) is -0.719. The average molecular weight is 198 g/mol. The van der Waals surface area contributed by atoms with Gasteiger partial charge < -0.3 is 15.3 Å². The van der Waals surface area contributed by atoms with Crippen molar-refractivity contribution in [1.82, 2.24) is 10.2 Å². The second kappa shape index (κ2) is 3.57. The number of likely N-dealkylation sites (tertiary alicyclic amines) is 1. The fourth-order valence-electron chi connectivity index (χ4n) is 1.61. The maximum atomic E-state index is 11.5. The molecule has 2 fully saturated rings. The van der Waals surface area contributed by atoms with Crippen LogP contribution in [0.3, 0.4) is 0 Å². The lowest BCUT2D eigenvalue weighted by Crippen LogP contribution is -2.60. The van der Waals surface area contributed by atoms with Gasteiger partial charge in [0.05, 0.1) is 6.54 Å². The normalized spacial score (nSPS) is 21.9. The van der Waals surface area contributed by atoms with Crippen LogP contribution >= 0.6 is 0 Å². The van der Waals surface area contributed by atoms with Gasteiger partial charge in [0.25, 0.3) is 0 Å². The van der Waals surface area contributed by atoms with E-state index < -0.39 is 5.97 Å². The fraction of sp³-hybridized carbons (Fsp3) is 0.778. The van der Waals surface area contributed by atoms with E-state index >= 15 is 0 Å². The van der Waals surface area contributed by atoms with Crippen LogP contribution in [-0.2, 0) is 9.59 Å². The van der Waals surface area contributed by atoms with Crippen LogP contribution in [0.4, 0.5) is 0 Å². The molecule has 0 aromatic carbocycles. The summed E-state index contributed by atoms with van der Waals surface area (Å²) < 4.78 is 0. The average Bonchev–Trinajstić information content (AvgIpc) is 2.82. The third-order valence-corrected chi connectivity index (χ3v) is 2.66. The first kappa shape index (κ1) is 9.45. The molecule has 0 atom stereocenters. The number of hydrogen-bond donors (Lipinski definition) is 2. The van der Waals surface area contributed by atoms with Crippen molar-refractivity contribution in [3.8, 4) is 0 Å². The minimum absolute atomic E-state index is 0.0177. The van der Waals surface area contributed by atoms with Crippen molar-refractivity contribution in [1.29, 1.82) is 0 Å². The van der Waals surface area contributed by atoms with Crippen LogP contribution in [-0.4, -0.2) is 47.6 Å². The molecule has 0 radical (unpaired) electrons. The maximum Gasteiger partial charge on any atom is 0.317 e. The Bertz CT molecular complexity index is 257. The van der Waals surface area contributed by atoms with Crippen LogP contribution in [0.15, 0.2) is 0 Å². The maximum absolute atomic E-state index is 11.5. The van der Waals surface area contributed by atoms with Crippen molar-refractivity contribution in [2.45, 2.75) is 18.9 Å². The van der Waals surface area contributed by atoms with Gasteiger partial charge in [0.1, 0.15) is 0 Å². The number of carboxylic acid groups (broad SMARTS) is 1. The monoisotopic (exact) mass is 198 g/mol. The van der Waals surface area contributed by atoms with Gasteiger partial charge in [0.15, 0.2) is 0 Å². The smallest absolute Gasteiger partial charge is 0.317 e. The molecular formula is C9H14N2O3. The molecular weight excluding hydrogens is 184 g/mol. The molecule has 1 saturated heterocycles. The quantitative estimate of drug-likeness (QED) is 0.625. The van der Waals surface area contributed by atoms with Crippen LogP contribution < -0.4 is 5.32 Å². The van der Waals surface area contributed by atoms with Crippen LogP contribution in [0.5, 0.6) is 0 Å². The summed E-state index contributed by atoms with van der Waals surface area (Å²) in [5.41, 5.74) is 0. The summed E-state index contributed by atoms with van der Waals surface area (Å²) in [5.74, 6) is -0.328. The molecule has 1 aliphatic heterocycles. The molecule has 0 unspecified atom stereocenters. The molecule has 1 amide bonds. The number of carbonyl (C=O) groups excluding carboxylic acids is 1. The number of carboxylic acids is 1. The molecule has 0 aromatic heterocycles. The number of nitrogens with one attached hydrogen (secondary N) is 1. The van der Waals surface area contributed by atoms with Gasteiger partial charge in [-0.2, -0.15) is 0 Å². The highest BCUT2D eigenvalue weighted by Gasteiger charge is 2.38. The van der Waals surface area contributed by atoms with Crippen LogP contribution in [0.1, 0.15) is 12.8 Å². The van der Waals surface area contributed by atoms with Crippen LogP contribution in [0.25, 0.3) is 0 Å².